The van der Waals surface area contributed by atoms with E-state index in [1.54, 1.807) is 6.92 Å². The molecule has 2 aliphatic carbocycles. The Morgan fingerprint density at radius 2 is 1.51 bits per heavy atom. The Balaban J connectivity index is 1.64. The summed E-state index contributed by atoms with van der Waals surface area (Å²) in [5, 5.41) is 9.44. The van der Waals surface area contributed by atoms with Crippen LogP contribution in [0.3, 0.4) is 0 Å². The minimum atomic E-state index is -6.35. The number of carboxylic acid groups (broad SMARTS) is 1. The molecule has 0 radical (unpaired) electrons. The van der Waals surface area contributed by atoms with Crippen LogP contribution in [0, 0.1) is 18.8 Å². The van der Waals surface area contributed by atoms with E-state index in [2.05, 4.69) is 0 Å². The van der Waals surface area contributed by atoms with E-state index in [1.165, 1.54) is 23.1 Å². The van der Waals surface area contributed by atoms with Gasteiger partial charge in [-0.25, -0.2) is 12.8 Å². The smallest absolute Gasteiger partial charge is 0.435 e. The van der Waals surface area contributed by atoms with Crippen LogP contribution < -0.4 is 0 Å². The summed E-state index contributed by atoms with van der Waals surface area (Å²) in [5.74, 6) is -2.55. The zero-order valence-corrected chi connectivity index (χ0v) is 25.4. The largest absolute Gasteiger partial charge is 0.481 e. The lowest BCUT2D eigenvalue weighted by Gasteiger charge is -2.44. The van der Waals surface area contributed by atoms with Gasteiger partial charge in [0.05, 0.1) is 16.9 Å². The molecular formula is C30H29ClF7NO5S. The lowest BCUT2D eigenvalue weighted by Crippen LogP contribution is -2.53. The average molecular weight is 684 g/mol. The zero-order chi connectivity index (χ0) is 33.3. The van der Waals surface area contributed by atoms with Crippen LogP contribution in [0.2, 0.25) is 5.02 Å². The number of amides is 1. The lowest BCUT2D eigenvalue weighted by molar-refractivity contribution is -0.348. The van der Waals surface area contributed by atoms with Crippen molar-refractivity contribution in [3.63, 3.8) is 0 Å². The Bertz CT molecular complexity index is 1620. The van der Waals surface area contributed by atoms with E-state index in [-0.39, 0.29) is 78.4 Å². The van der Waals surface area contributed by atoms with Crippen molar-refractivity contribution < 1.29 is 53.8 Å². The monoisotopic (exact) mass is 683 g/mol. The molecule has 3 aliphatic rings. The highest BCUT2D eigenvalue weighted by molar-refractivity contribution is 7.92. The maximum Gasteiger partial charge on any atom is 0.435 e. The maximum atomic E-state index is 15.0. The number of carbonyl (C=O) groups excluding carboxylic acids is 1. The van der Waals surface area contributed by atoms with Gasteiger partial charge in [0.15, 0.2) is 9.84 Å². The van der Waals surface area contributed by atoms with E-state index in [1.807, 2.05) is 0 Å². The van der Waals surface area contributed by atoms with Crippen molar-refractivity contribution in [2.75, 3.05) is 6.54 Å². The summed E-state index contributed by atoms with van der Waals surface area (Å²) in [7, 11) is -4.53. The number of aryl methyl sites for hydroxylation is 2. The number of carboxylic acids is 1. The number of halogens is 8. The number of rotatable bonds is 5. The molecule has 2 aromatic carbocycles. The fraction of sp³-hybridized carbons (Fsp3) is 0.533. The molecule has 1 saturated heterocycles. The van der Waals surface area contributed by atoms with Gasteiger partial charge in [0.25, 0.3) is 0 Å². The molecule has 0 spiro atoms. The number of sulfone groups is 1. The fourth-order valence-corrected chi connectivity index (χ4v) is 9.90. The van der Waals surface area contributed by atoms with E-state index < -0.39 is 62.0 Å². The van der Waals surface area contributed by atoms with Gasteiger partial charge in [-0.3, -0.25) is 9.59 Å². The van der Waals surface area contributed by atoms with Gasteiger partial charge < -0.3 is 10.0 Å². The number of aliphatic carboxylic acids is 1. The highest BCUT2D eigenvalue weighted by Crippen LogP contribution is 2.57. The van der Waals surface area contributed by atoms with Crippen molar-refractivity contribution in [1.29, 1.82) is 0 Å². The number of likely N-dealkylation sites (tertiary alicyclic amines) is 1. The second kappa shape index (κ2) is 11.1. The second-order valence-corrected chi connectivity index (χ2v) is 14.7. The van der Waals surface area contributed by atoms with Crippen LogP contribution in [0.5, 0.6) is 0 Å². The number of carbonyl (C=O) groups is 2. The molecule has 6 nitrogen and oxygen atoms in total. The lowest BCUT2D eigenvalue weighted by atomic mass is 9.76. The average Bonchev–Trinajstić information content (AvgIpc) is 3.38. The topological polar surface area (TPSA) is 91.8 Å². The van der Waals surface area contributed by atoms with Crippen LogP contribution >= 0.6 is 11.6 Å². The molecule has 2 unspecified atom stereocenters. The summed E-state index contributed by atoms with van der Waals surface area (Å²) in [6.45, 7) is 1.55. The first-order valence-electron chi connectivity index (χ1n) is 14.3. The van der Waals surface area contributed by atoms with Crippen LogP contribution in [0.1, 0.15) is 60.8 Å². The highest BCUT2D eigenvalue weighted by Gasteiger charge is 2.74. The second-order valence-electron chi connectivity index (χ2n) is 12.1. The Hall–Kier alpha value is -2.87. The Morgan fingerprint density at radius 1 is 0.911 bits per heavy atom. The maximum absolute atomic E-state index is 15.0. The number of benzene rings is 2. The van der Waals surface area contributed by atoms with E-state index in [9.17, 15) is 49.5 Å². The van der Waals surface area contributed by atoms with Crippen molar-refractivity contribution in [3.8, 4) is 0 Å². The van der Waals surface area contributed by atoms with Crippen molar-refractivity contribution in [1.82, 2.24) is 4.90 Å². The standard InChI is InChI=1S/C30H29ClF7NO5S/c1-16-2-9-21(15-23(16)31)45(43,44)27-12-13-39(25(40)17-3-5-18(6-4-17)26(41)42)24(27)11-7-19-14-20(8-10-22(19)27)28(32,29(33,34)35)30(36,37)38/h2,8-10,14-15,17-18,24H,3-7,11-13H2,1H3,(H,41,42)/t17-,18-,24?,27?. The normalized spacial score (nSPS) is 25.9. The number of fused-ring (bicyclic) bond motifs is 3. The van der Waals surface area contributed by atoms with Gasteiger partial charge in [0, 0.05) is 23.0 Å². The molecule has 1 heterocycles. The van der Waals surface area contributed by atoms with Crippen LogP contribution in [-0.4, -0.2) is 55.2 Å². The number of nitrogens with zero attached hydrogens (tertiary/aromatic N) is 1. The van der Waals surface area contributed by atoms with Gasteiger partial charge in [-0.15, -0.1) is 0 Å². The molecule has 1 saturated carbocycles. The Kier molecular flexibility index (Phi) is 8.29. The quantitative estimate of drug-likeness (QED) is 0.342. The molecule has 1 N–H and O–H groups in total. The van der Waals surface area contributed by atoms with Crippen molar-refractivity contribution in [2.45, 2.75) is 85.6 Å². The van der Waals surface area contributed by atoms with E-state index in [4.69, 9.17) is 11.6 Å². The summed E-state index contributed by atoms with van der Waals surface area (Å²) in [5.41, 5.74) is -7.16. The first-order chi connectivity index (χ1) is 20.8. The minimum Gasteiger partial charge on any atom is -0.481 e. The third-order valence-corrected chi connectivity index (χ3v) is 12.6. The Labute approximate surface area is 259 Å². The van der Waals surface area contributed by atoms with Crippen molar-refractivity contribution in [3.05, 3.63) is 63.7 Å². The molecule has 5 rings (SSSR count). The number of hydrogen-bond acceptors (Lipinski definition) is 4. The molecule has 2 atom stereocenters. The number of hydrogen-bond donors (Lipinski definition) is 1. The number of alkyl halides is 7. The predicted molar refractivity (Wildman–Crippen MR) is 148 cm³/mol. The van der Waals surface area contributed by atoms with Crippen molar-refractivity contribution >= 4 is 33.3 Å². The molecular weight excluding hydrogens is 655 g/mol. The Morgan fingerprint density at radius 3 is 2.07 bits per heavy atom. The van der Waals surface area contributed by atoms with Crippen LogP contribution in [0.25, 0.3) is 0 Å². The summed E-state index contributed by atoms with van der Waals surface area (Å²) in [4.78, 5) is 26.4. The van der Waals surface area contributed by atoms with Gasteiger partial charge in [0.1, 0.15) is 4.75 Å². The van der Waals surface area contributed by atoms with Crippen molar-refractivity contribution in [2.24, 2.45) is 11.8 Å². The molecule has 1 amide bonds. The molecule has 0 aromatic heterocycles. The van der Waals surface area contributed by atoms with E-state index in [0.717, 1.165) is 6.07 Å². The molecule has 246 valence electrons. The van der Waals surface area contributed by atoms with Gasteiger partial charge in [-0.05, 0) is 80.7 Å². The first-order valence-corrected chi connectivity index (χ1v) is 16.1. The zero-order valence-electron chi connectivity index (χ0n) is 23.8. The van der Waals surface area contributed by atoms with Gasteiger partial charge in [-0.2, -0.15) is 26.3 Å². The third-order valence-electron chi connectivity index (χ3n) is 9.71. The van der Waals surface area contributed by atoms with E-state index >= 15 is 4.39 Å². The van der Waals surface area contributed by atoms with Gasteiger partial charge in [0.2, 0.25) is 5.91 Å². The molecule has 1 aliphatic heterocycles. The van der Waals surface area contributed by atoms with Gasteiger partial charge in [-0.1, -0.05) is 35.9 Å². The minimum absolute atomic E-state index is 0.0828. The third kappa shape index (κ3) is 5.10. The van der Waals surface area contributed by atoms with E-state index in [0.29, 0.717) is 17.7 Å². The first kappa shape index (κ1) is 33.5. The molecule has 2 fully saturated rings. The molecule has 0 bridgehead atoms. The predicted octanol–water partition coefficient (Wildman–Crippen LogP) is 7.05. The summed E-state index contributed by atoms with van der Waals surface area (Å²) in [6.07, 6.45) is -12.3. The molecule has 2 aromatic rings. The molecule has 15 heteroatoms. The van der Waals surface area contributed by atoms with Gasteiger partial charge >= 0.3 is 24.0 Å². The fourth-order valence-electron chi connectivity index (χ4n) is 7.27. The molecule has 45 heavy (non-hydrogen) atoms. The van der Waals surface area contributed by atoms with Crippen LogP contribution in [0.4, 0.5) is 30.7 Å². The summed E-state index contributed by atoms with van der Waals surface area (Å²) >= 11 is 6.25. The van der Waals surface area contributed by atoms with Crippen LogP contribution in [-0.2, 0) is 36.3 Å². The highest BCUT2D eigenvalue weighted by atomic mass is 35.5. The SMILES string of the molecule is Cc1ccc(S(=O)(=O)C23CCN(C(=O)[C@H]4CC[C@H](C(=O)O)CC4)C2CCc2cc(C(F)(C(F)(F)F)C(F)(F)F)ccc23)cc1Cl. The van der Waals surface area contributed by atoms with Crippen LogP contribution in [0.15, 0.2) is 41.3 Å². The summed E-state index contributed by atoms with van der Waals surface area (Å²) in [6, 6.07) is 4.47. The summed E-state index contributed by atoms with van der Waals surface area (Å²) < 4.78 is 124.